The van der Waals surface area contributed by atoms with Gasteiger partial charge in [-0.05, 0) is 36.6 Å². The summed E-state index contributed by atoms with van der Waals surface area (Å²) < 4.78 is 5.68. The van der Waals surface area contributed by atoms with E-state index >= 15 is 0 Å². The highest BCUT2D eigenvalue weighted by molar-refractivity contribution is 5.57. The van der Waals surface area contributed by atoms with Gasteiger partial charge in [-0.2, -0.15) is 0 Å². The van der Waals surface area contributed by atoms with E-state index in [0.29, 0.717) is 6.61 Å². The van der Waals surface area contributed by atoms with Crippen LogP contribution in [0.25, 0.3) is 0 Å². The summed E-state index contributed by atoms with van der Waals surface area (Å²) in [5, 5.41) is 3.48. The van der Waals surface area contributed by atoms with Gasteiger partial charge in [-0.15, -0.1) is 0 Å². The predicted octanol–water partition coefficient (Wildman–Crippen LogP) is 4.05. The summed E-state index contributed by atoms with van der Waals surface area (Å²) in [6.45, 7) is 5.80. The molecule has 2 rings (SSSR count). The van der Waals surface area contributed by atoms with E-state index in [4.69, 9.17) is 4.74 Å². The first kappa shape index (κ1) is 13.5. The molecule has 2 aromatic carbocycles. The lowest BCUT2D eigenvalue weighted by atomic mass is 10.1. The van der Waals surface area contributed by atoms with E-state index in [0.717, 1.165) is 18.7 Å². The van der Waals surface area contributed by atoms with Gasteiger partial charge in [-0.25, -0.2) is 0 Å². The normalized spacial score (nSPS) is 10.2. The average Bonchev–Trinajstić information content (AvgIpc) is 2.46. The molecule has 0 atom stereocenters. The van der Waals surface area contributed by atoms with Crippen molar-refractivity contribution in [3.8, 4) is 5.75 Å². The molecular weight excluding hydrogens is 234 g/mol. The van der Waals surface area contributed by atoms with Crippen molar-refractivity contribution in [2.45, 2.75) is 20.3 Å². The van der Waals surface area contributed by atoms with Crippen LogP contribution in [0.4, 0.5) is 5.69 Å². The van der Waals surface area contributed by atoms with Gasteiger partial charge in [0, 0.05) is 12.2 Å². The van der Waals surface area contributed by atoms with Gasteiger partial charge in [-0.1, -0.05) is 43.3 Å². The molecule has 2 nitrogen and oxygen atoms in total. The standard InChI is InChI=1S/C17H21NO/c1-3-15-9-7-8-14(2)17(15)18-12-13-19-16-10-5-4-6-11-16/h4-11,18H,3,12-13H2,1-2H3. The van der Waals surface area contributed by atoms with Crippen LogP contribution < -0.4 is 10.1 Å². The molecular formula is C17H21NO. The molecule has 0 bridgehead atoms. The van der Waals surface area contributed by atoms with Crippen molar-refractivity contribution in [2.75, 3.05) is 18.5 Å². The summed E-state index contributed by atoms with van der Waals surface area (Å²) >= 11 is 0. The third-order valence-corrected chi connectivity index (χ3v) is 3.16. The van der Waals surface area contributed by atoms with Gasteiger partial charge in [0.2, 0.25) is 0 Å². The fourth-order valence-corrected chi connectivity index (χ4v) is 2.14. The van der Waals surface area contributed by atoms with Crippen molar-refractivity contribution in [2.24, 2.45) is 0 Å². The molecule has 0 aliphatic rings. The molecule has 0 aliphatic heterocycles. The summed E-state index contributed by atoms with van der Waals surface area (Å²) in [5.41, 5.74) is 3.90. The van der Waals surface area contributed by atoms with Crippen molar-refractivity contribution in [3.05, 3.63) is 59.7 Å². The van der Waals surface area contributed by atoms with Gasteiger partial charge >= 0.3 is 0 Å². The quantitative estimate of drug-likeness (QED) is 0.786. The fourth-order valence-electron chi connectivity index (χ4n) is 2.14. The maximum absolute atomic E-state index is 5.68. The van der Waals surface area contributed by atoms with E-state index in [9.17, 15) is 0 Å². The van der Waals surface area contributed by atoms with Gasteiger partial charge in [0.15, 0.2) is 0 Å². The van der Waals surface area contributed by atoms with Gasteiger partial charge < -0.3 is 10.1 Å². The Labute approximate surface area is 115 Å². The summed E-state index contributed by atoms with van der Waals surface area (Å²) in [6.07, 6.45) is 1.05. The Morgan fingerprint density at radius 2 is 1.79 bits per heavy atom. The third kappa shape index (κ3) is 3.75. The Morgan fingerprint density at radius 1 is 1.00 bits per heavy atom. The zero-order valence-corrected chi connectivity index (χ0v) is 11.6. The summed E-state index contributed by atoms with van der Waals surface area (Å²) in [7, 11) is 0. The monoisotopic (exact) mass is 255 g/mol. The number of rotatable bonds is 6. The zero-order chi connectivity index (χ0) is 13.5. The first-order valence-electron chi connectivity index (χ1n) is 6.81. The predicted molar refractivity (Wildman–Crippen MR) is 81.0 cm³/mol. The van der Waals surface area contributed by atoms with Crippen LogP contribution in [0, 0.1) is 6.92 Å². The Balaban J connectivity index is 1.86. The molecule has 0 fully saturated rings. The van der Waals surface area contributed by atoms with Crippen molar-refractivity contribution < 1.29 is 4.74 Å². The topological polar surface area (TPSA) is 21.3 Å². The highest BCUT2D eigenvalue weighted by Gasteiger charge is 2.02. The lowest BCUT2D eigenvalue weighted by Gasteiger charge is -2.14. The van der Waals surface area contributed by atoms with Crippen molar-refractivity contribution in [1.82, 2.24) is 0 Å². The molecule has 0 saturated carbocycles. The van der Waals surface area contributed by atoms with Crippen molar-refractivity contribution >= 4 is 5.69 Å². The van der Waals surface area contributed by atoms with E-state index in [1.165, 1.54) is 16.8 Å². The molecule has 0 unspecified atom stereocenters. The maximum Gasteiger partial charge on any atom is 0.119 e. The van der Waals surface area contributed by atoms with Crippen LogP contribution in [0.15, 0.2) is 48.5 Å². The Bertz CT molecular complexity index is 508. The van der Waals surface area contributed by atoms with E-state index in [2.05, 4.69) is 37.4 Å². The largest absolute Gasteiger partial charge is 0.492 e. The van der Waals surface area contributed by atoms with Crippen LogP contribution in [-0.2, 0) is 6.42 Å². The Morgan fingerprint density at radius 3 is 2.53 bits per heavy atom. The van der Waals surface area contributed by atoms with Crippen molar-refractivity contribution in [3.63, 3.8) is 0 Å². The number of ether oxygens (including phenoxy) is 1. The van der Waals surface area contributed by atoms with E-state index in [1.807, 2.05) is 30.3 Å². The second-order valence-electron chi connectivity index (χ2n) is 4.55. The second-order valence-corrected chi connectivity index (χ2v) is 4.55. The number of hydrogen-bond acceptors (Lipinski definition) is 2. The molecule has 0 radical (unpaired) electrons. The number of aryl methyl sites for hydroxylation is 2. The lowest BCUT2D eigenvalue weighted by molar-refractivity contribution is 0.333. The molecule has 0 saturated heterocycles. The molecule has 0 heterocycles. The molecule has 1 N–H and O–H groups in total. The molecule has 0 aliphatic carbocycles. The van der Waals surface area contributed by atoms with E-state index < -0.39 is 0 Å². The summed E-state index contributed by atoms with van der Waals surface area (Å²) in [6, 6.07) is 16.3. The molecule has 100 valence electrons. The molecule has 2 heteroatoms. The number of para-hydroxylation sites is 2. The van der Waals surface area contributed by atoms with Crippen LogP contribution in [0.1, 0.15) is 18.1 Å². The van der Waals surface area contributed by atoms with Gasteiger partial charge in [-0.3, -0.25) is 0 Å². The SMILES string of the molecule is CCc1cccc(C)c1NCCOc1ccccc1. The van der Waals surface area contributed by atoms with E-state index in [-0.39, 0.29) is 0 Å². The van der Waals surface area contributed by atoms with Crippen LogP contribution in [-0.4, -0.2) is 13.2 Å². The highest BCUT2D eigenvalue weighted by atomic mass is 16.5. The zero-order valence-electron chi connectivity index (χ0n) is 11.6. The van der Waals surface area contributed by atoms with Gasteiger partial charge in [0.25, 0.3) is 0 Å². The number of hydrogen-bond donors (Lipinski definition) is 1. The Kier molecular flexibility index (Phi) is 4.85. The number of anilines is 1. The van der Waals surface area contributed by atoms with Crippen LogP contribution in [0.3, 0.4) is 0 Å². The summed E-state index contributed by atoms with van der Waals surface area (Å²) in [5.74, 6) is 0.921. The minimum atomic E-state index is 0.668. The molecule has 0 spiro atoms. The van der Waals surface area contributed by atoms with Gasteiger partial charge in [0.05, 0.1) is 0 Å². The smallest absolute Gasteiger partial charge is 0.119 e. The van der Waals surface area contributed by atoms with Crippen LogP contribution >= 0.6 is 0 Å². The van der Waals surface area contributed by atoms with Crippen molar-refractivity contribution in [1.29, 1.82) is 0 Å². The van der Waals surface area contributed by atoms with Gasteiger partial charge in [0.1, 0.15) is 12.4 Å². The van der Waals surface area contributed by atoms with Crippen LogP contribution in [0.2, 0.25) is 0 Å². The molecule has 2 aromatic rings. The van der Waals surface area contributed by atoms with E-state index in [1.54, 1.807) is 0 Å². The number of nitrogens with one attached hydrogen (secondary N) is 1. The lowest BCUT2D eigenvalue weighted by Crippen LogP contribution is -2.13. The molecule has 0 amide bonds. The first-order chi connectivity index (χ1) is 9.31. The maximum atomic E-state index is 5.68. The van der Waals surface area contributed by atoms with Crippen LogP contribution in [0.5, 0.6) is 5.75 Å². The Hall–Kier alpha value is -1.96. The molecule has 0 aromatic heterocycles. The average molecular weight is 255 g/mol. The second kappa shape index (κ2) is 6.83. The summed E-state index contributed by atoms with van der Waals surface area (Å²) in [4.78, 5) is 0. The third-order valence-electron chi connectivity index (χ3n) is 3.16. The highest BCUT2D eigenvalue weighted by Crippen LogP contribution is 2.20. The fraction of sp³-hybridized carbons (Fsp3) is 0.294. The minimum absolute atomic E-state index is 0.668. The minimum Gasteiger partial charge on any atom is -0.492 e. The number of benzene rings is 2. The first-order valence-corrected chi connectivity index (χ1v) is 6.81. The molecule has 19 heavy (non-hydrogen) atoms.